The van der Waals surface area contributed by atoms with Crippen LogP contribution in [0.5, 0.6) is 0 Å². The van der Waals surface area contributed by atoms with Crippen molar-refractivity contribution in [2.24, 2.45) is 13.0 Å². The van der Waals surface area contributed by atoms with E-state index in [2.05, 4.69) is 24.3 Å². The molecule has 1 unspecified atom stereocenters. The molecule has 0 amide bonds. The Labute approximate surface area is 134 Å². The van der Waals surface area contributed by atoms with E-state index in [1.807, 2.05) is 7.05 Å². The molecule has 21 heavy (non-hydrogen) atoms. The number of aryl methyl sites for hydroxylation is 2. The molecule has 1 aromatic heterocycles. The lowest BCUT2D eigenvalue weighted by Gasteiger charge is -2.29. The highest BCUT2D eigenvalue weighted by molar-refractivity contribution is 6.30. The molecule has 0 aliphatic heterocycles. The summed E-state index contributed by atoms with van der Waals surface area (Å²) >= 11 is 6.43. The van der Waals surface area contributed by atoms with Crippen LogP contribution in [0.15, 0.2) is 0 Å². The van der Waals surface area contributed by atoms with Crippen molar-refractivity contribution >= 4 is 11.6 Å². The molecule has 3 nitrogen and oxygen atoms in total. The highest BCUT2D eigenvalue weighted by Crippen LogP contribution is 2.29. The molecule has 1 aliphatic rings. The first kappa shape index (κ1) is 16.8. The predicted octanol–water partition coefficient (Wildman–Crippen LogP) is 4.26. The van der Waals surface area contributed by atoms with Crippen LogP contribution in [0.2, 0.25) is 5.15 Å². The van der Waals surface area contributed by atoms with Crippen molar-refractivity contribution in [1.82, 2.24) is 15.1 Å². The van der Waals surface area contributed by atoms with Crippen molar-refractivity contribution in [1.29, 1.82) is 0 Å². The van der Waals surface area contributed by atoms with E-state index in [1.54, 1.807) is 4.68 Å². The second-order valence-electron chi connectivity index (χ2n) is 6.45. The van der Waals surface area contributed by atoms with E-state index in [0.717, 1.165) is 29.7 Å². The van der Waals surface area contributed by atoms with E-state index in [1.165, 1.54) is 50.5 Å². The van der Waals surface area contributed by atoms with Crippen molar-refractivity contribution in [3.05, 3.63) is 16.4 Å². The highest BCUT2D eigenvalue weighted by Gasteiger charge is 2.24. The maximum atomic E-state index is 6.43. The molecule has 0 spiro atoms. The summed E-state index contributed by atoms with van der Waals surface area (Å²) in [5.41, 5.74) is 2.31. The van der Waals surface area contributed by atoms with Gasteiger partial charge in [-0.2, -0.15) is 5.10 Å². The van der Waals surface area contributed by atoms with Gasteiger partial charge in [0.25, 0.3) is 0 Å². The molecule has 1 aliphatic carbocycles. The number of hydrogen-bond donors (Lipinski definition) is 1. The summed E-state index contributed by atoms with van der Waals surface area (Å²) in [6.45, 7) is 5.30. The Morgan fingerprint density at radius 2 is 1.86 bits per heavy atom. The van der Waals surface area contributed by atoms with Gasteiger partial charge in [-0.25, -0.2) is 0 Å². The van der Waals surface area contributed by atoms with Gasteiger partial charge in [0, 0.05) is 18.7 Å². The third kappa shape index (κ3) is 4.46. The minimum Gasteiger partial charge on any atom is -0.314 e. The third-order valence-electron chi connectivity index (χ3n) is 4.88. The van der Waals surface area contributed by atoms with Crippen molar-refractivity contribution < 1.29 is 0 Å². The standard InChI is InChI=1S/C17H30ClN3/c1-4-19-16(14-10-8-6-5-7-9-11-14)12-15-13(2)20-21(3)17(15)18/h14,16,19H,4-12H2,1-3H3. The Morgan fingerprint density at radius 1 is 1.24 bits per heavy atom. The first-order valence-electron chi connectivity index (χ1n) is 8.54. The van der Waals surface area contributed by atoms with Crippen LogP contribution in [0.1, 0.15) is 63.1 Å². The summed E-state index contributed by atoms with van der Waals surface area (Å²) in [5, 5.41) is 8.98. The van der Waals surface area contributed by atoms with Crippen LogP contribution in [0.3, 0.4) is 0 Å². The summed E-state index contributed by atoms with van der Waals surface area (Å²) in [7, 11) is 1.93. The molecular weight excluding hydrogens is 282 g/mol. The van der Waals surface area contributed by atoms with Gasteiger partial charge in [0.15, 0.2) is 0 Å². The Hall–Kier alpha value is -0.540. The van der Waals surface area contributed by atoms with Crippen molar-refractivity contribution in [2.45, 2.75) is 71.3 Å². The molecule has 1 aromatic rings. The highest BCUT2D eigenvalue weighted by atomic mass is 35.5. The molecule has 1 saturated carbocycles. The summed E-state index contributed by atoms with van der Waals surface area (Å²) in [5.74, 6) is 0.779. The van der Waals surface area contributed by atoms with Gasteiger partial charge in [-0.15, -0.1) is 0 Å². The fraction of sp³-hybridized carbons (Fsp3) is 0.824. The SMILES string of the molecule is CCNC(Cc1c(C)nn(C)c1Cl)C1CCCCCCC1. The first-order chi connectivity index (χ1) is 10.1. The zero-order valence-electron chi connectivity index (χ0n) is 13.8. The number of likely N-dealkylation sites (N-methyl/N-ethyl adjacent to an activating group) is 1. The summed E-state index contributed by atoms with van der Waals surface area (Å²) < 4.78 is 1.80. The third-order valence-corrected chi connectivity index (χ3v) is 5.35. The van der Waals surface area contributed by atoms with Gasteiger partial charge in [0.1, 0.15) is 5.15 Å². The Morgan fingerprint density at radius 3 is 2.38 bits per heavy atom. The van der Waals surface area contributed by atoms with Crippen molar-refractivity contribution in [3.8, 4) is 0 Å². The Balaban J connectivity index is 2.09. The molecule has 0 bridgehead atoms. The maximum absolute atomic E-state index is 6.43. The number of halogens is 1. The molecule has 1 heterocycles. The molecule has 0 aromatic carbocycles. The molecule has 120 valence electrons. The zero-order valence-corrected chi connectivity index (χ0v) is 14.5. The zero-order chi connectivity index (χ0) is 15.2. The van der Waals surface area contributed by atoms with Crippen molar-refractivity contribution in [2.75, 3.05) is 6.54 Å². The normalized spacial score (nSPS) is 19.2. The molecule has 1 fully saturated rings. The van der Waals surface area contributed by atoms with E-state index in [9.17, 15) is 0 Å². The van der Waals surface area contributed by atoms with E-state index < -0.39 is 0 Å². The van der Waals surface area contributed by atoms with E-state index in [0.29, 0.717) is 6.04 Å². The van der Waals surface area contributed by atoms with Crippen LogP contribution in [0, 0.1) is 12.8 Å². The Bertz CT molecular complexity index is 433. The average molecular weight is 312 g/mol. The lowest BCUT2D eigenvalue weighted by atomic mass is 9.83. The minimum atomic E-state index is 0.536. The number of nitrogens with one attached hydrogen (secondary N) is 1. The fourth-order valence-electron chi connectivity index (χ4n) is 3.68. The Kier molecular flexibility index (Phi) is 6.56. The molecule has 1 N–H and O–H groups in total. The van der Waals surface area contributed by atoms with Gasteiger partial charge in [0.05, 0.1) is 5.69 Å². The van der Waals surface area contributed by atoms with E-state index in [-0.39, 0.29) is 0 Å². The van der Waals surface area contributed by atoms with E-state index in [4.69, 9.17) is 11.6 Å². The van der Waals surface area contributed by atoms with Crippen LogP contribution < -0.4 is 5.32 Å². The quantitative estimate of drug-likeness (QED) is 0.880. The summed E-state index contributed by atoms with van der Waals surface area (Å²) in [6, 6.07) is 0.536. The summed E-state index contributed by atoms with van der Waals surface area (Å²) in [6.07, 6.45) is 10.7. The van der Waals surface area contributed by atoms with Gasteiger partial charge < -0.3 is 5.32 Å². The van der Waals surface area contributed by atoms with Gasteiger partial charge in [-0.3, -0.25) is 4.68 Å². The molecular formula is C17H30ClN3. The van der Waals surface area contributed by atoms with Gasteiger partial charge in [-0.05, 0) is 38.6 Å². The molecule has 0 saturated heterocycles. The molecule has 2 rings (SSSR count). The van der Waals surface area contributed by atoms with E-state index >= 15 is 0 Å². The first-order valence-corrected chi connectivity index (χ1v) is 8.92. The molecule has 0 radical (unpaired) electrons. The van der Waals surface area contributed by atoms with Crippen LogP contribution in [0.25, 0.3) is 0 Å². The van der Waals surface area contributed by atoms with Crippen LogP contribution in [0.4, 0.5) is 0 Å². The topological polar surface area (TPSA) is 29.9 Å². The largest absolute Gasteiger partial charge is 0.314 e. The van der Waals surface area contributed by atoms with Gasteiger partial charge >= 0.3 is 0 Å². The van der Waals surface area contributed by atoms with Crippen LogP contribution >= 0.6 is 11.6 Å². The smallest absolute Gasteiger partial charge is 0.130 e. The molecule has 4 heteroatoms. The average Bonchev–Trinajstić information content (AvgIpc) is 2.64. The van der Waals surface area contributed by atoms with Crippen LogP contribution in [-0.4, -0.2) is 22.4 Å². The monoisotopic (exact) mass is 311 g/mol. The minimum absolute atomic E-state index is 0.536. The lowest BCUT2D eigenvalue weighted by molar-refractivity contribution is 0.286. The maximum Gasteiger partial charge on any atom is 0.130 e. The second-order valence-corrected chi connectivity index (χ2v) is 6.81. The lowest BCUT2D eigenvalue weighted by Crippen LogP contribution is -2.38. The van der Waals surface area contributed by atoms with Crippen molar-refractivity contribution in [3.63, 3.8) is 0 Å². The number of hydrogen-bond acceptors (Lipinski definition) is 2. The number of rotatable bonds is 5. The second kappa shape index (κ2) is 8.19. The number of aromatic nitrogens is 2. The fourth-order valence-corrected chi connectivity index (χ4v) is 3.94. The number of nitrogens with zero attached hydrogens (tertiary/aromatic N) is 2. The van der Waals surface area contributed by atoms with Gasteiger partial charge in [-0.1, -0.05) is 50.6 Å². The van der Waals surface area contributed by atoms with Crippen LogP contribution in [-0.2, 0) is 13.5 Å². The molecule has 1 atom stereocenters. The predicted molar refractivity (Wildman–Crippen MR) is 89.9 cm³/mol. The summed E-state index contributed by atoms with van der Waals surface area (Å²) in [4.78, 5) is 0. The van der Waals surface area contributed by atoms with Gasteiger partial charge in [0.2, 0.25) is 0 Å².